The second-order valence-corrected chi connectivity index (χ2v) is 4.80. The monoisotopic (exact) mass is 291 g/mol. The van der Waals surface area contributed by atoms with E-state index in [1.165, 1.54) is 6.07 Å². The summed E-state index contributed by atoms with van der Waals surface area (Å²) in [6.07, 6.45) is 1.01. The molecule has 0 amide bonds. The number of ether oxygens (including phenoxy) is 1. The molecule has 2 nitrogen and oxygen atoms in total. The number of hydrogen-bond acceptors (Lipinski definition) is 2. The smallest absolute Gasteiger partial charge is 0.166 e. The largest absolute Gasteiger partial charge is 0.497 e. The van der Waals surface area contributed by atoms with Crippen molar-refractivity contribution in [3.8, 4) is 16.9 Å². The van der Waals surface area contributed by atoms with Gasteiger partial charge in [-0.05, 0) is 42.3 Å². The fourth-order valence-corrected chi connectivity index (χ4v) is 2.22. The summed E-state index contributed by atoms with van der Waals surface area (Å²) in [5.41, 5.74) is 1.83. The van der Waals surface area contributed by atoms with Gasteiger partial charge in [0, 0.05) is 12.1 Å². The lowest BCUT2D eigenvalue weighted by atomic mass is 9.98. The maximum atomic E-state index is 14.0. The lowest BCUT2D eigenvalue weighted by Gasteiger charge is -2.13. The van der Waals surface area contributed by atoms with Crippen LogP contribution in [0.5, 0.6) is 5.75 Å². The topological polar surface area (TPSA) is 21.3 Å². The van der Waals surface area contributed by atoms with Gasteiger partial charge < -0.3 is 10.1 Å². The molecule has 0 atom stereocenters. The minimum atomic E-state index is -0.837. The van der Waals surface area contributed by atoms with Crippen LogP contribution in [-0.4, -0.2) is 13.7 Å². The van der Waals surface area contributed by atoms with Gasteiger partial charge >= 0.3 is 0 Å². The average molecular weight is 291 g/mol. The molecule has 4 heteroatoms. The highest BCUT2D eigenvalue weighted by atomic mass is 19.2. The molecule has 0 fully saturated rings. The van der Waals surface area contributed by atoms with E-state index in [2.05, 4.69) is 12.2 Å². The van der Waals surface area contributed by atoms with Crippen molar-refractivity contribution >= 4 is 0 Å². The van der Waals surface area contributed by atoms with Crippen LogP contribution in [0.3, 0.4) is 0 Å². The van der Waals surface area contributed by atoms with Gasteiger partial charge in [-0.2, -0.15) is 0 Å². The number of benzene rings is 2. The van der Waals surface area contributed by atoms with Crippen molar-refractivity contribution in [3.05, 3.63) is 53.6 Å². The van der Waals surface area contributed by atoms with Gasteiger partial charge in [0.15, 0.2) is 11.6 Å². The third kappa shape index (κ3) is 3.58. The summed E-state index contributed by atoms with van der Waals surface area (Å²) < 4.78 is 32.7. The van der Waals surface area contributed by atoms with Crippen molar-refractivity contribution in [3.63, 3.8) is 0 Å². The van der Waals surface area contributed by atoms with Gasteiger partial charge in [-0.15, -0.1) is 0 Å². The summed E-state index contributed by atoms with van der Waals surface area (Å²) >= 11 is 0. The standard InChI is InChI=1S/C17H19F2NO/c1-3-9-20-11-12-10-13(21-2)7-8-14(12)15-5-4-6-16(18)17(15)19/h4-8,10,20H,3,9,11H2,1-2H3. The number of hydrogen-bond donors (Lipinski definition) is 1. The molecule has 0 heterocycles. The van der Waals surface area contributed by atoms with E-state index >= 15 is 0 Å². The molecule has 0 saturated heterocycles. The van der Waals surface area contributed by atoms with Crippen LogP contribution in [0.1, 0.15) is 18.9 Å². The van der Waals surface area contributed by atoms with Crippen LogP contribution < -0.4 is 10.1 Å². The second kappa shape index (κ2) is 7.18. The van der Waals surface area contributed by atoms with Crippen LogP contribution in [0.15, 0.2) is 36.4 Å². The van der Waals surface area contributed by atoms with Gasteiger partial charge in [0.05, 0.1) is 7.11 Å². The molecule has 0 unspecified atom stereocenters. The Kier molecular flexibility index (Phi) is 5.28. The normalized spacial score (nSPS) is 10.7. The molecule has 0 aliphatic carbocycles. The lowest BCUT2D eigenvalue weighted by molar-refractivity contribution is 0.414. The number of methoxy groups -OCH3 is 1. The molecule has 0 aliphatic heterocycles. The van der Waals surface area contributed by atoms with Crippen LogP contribution in [0.4, 0.5) is 8.78 Å². The molecular formula is C17H19F2NO. The molecule has 0 bridgehead atoms. The molecular weight excluding hydrogens is 272 g/mol. The van der Waals surface area contributed by atoms with Crippen LogP contribution >= 0.6 is 0 Å². The Bertz CT molecular complexity index is 614. The van der Waals surface area contributed by atoms with Crippen LogP contribution in [0, 0.1) is 11.6 Å². The SMILES string of the molecule is CCCNCc1cc(OC)ccc1-c1cccc(F)c1F. The molecule has 21 heavy (non-hydrogen) atoms. The van der Waals surface area contributed by atoms with Crippen molar-refractivity contribution in [2.75, 3.05) is 13.7 Å². The van der Waals surface area contributed by atoms with E-state index in [4.69, 9.17) is 4.74 Å². The van der Waals surface area contributed by atoms with E-state index < -0.39 is 11.6 Å². The van der Waals surface area contributed by atoms with Crippen molar-refractivity contribution < 1.29 is 13.5 Å². The highest BCUT2D eigenvalue weighted by molar-refractivity contribution is 5.69. The molecule has 2 aromatic carbocycles. The zero-order chi connectivity index (χ0) is 15.2. The van der Waals surface area contributed by atoms with Crippen molar-refractivity contribution in [1.82, 2.24) is 5.32 Å². The first-order valence-corrected chi connectivity index (χ1v) is 6.99. The maximum Gasteiger partial charge on any atom is 0.166 e. The van der Waals surface area contributed by atoms with Crippen LogP contribution in [0.25, 0.3) is 11.1 Å². The summed E-state index contributed by atoms with van der Waals surface area (Å²) in [4.78, 5) is 0. The Balaban J connectivity index is 2.43. The Morgan fingerprint density at radius 1 is 1.10 bits per heavy atom. The third-order valence-corrected chi connectivity index (χ3v) is 3.30. The fourth-order valence-electron chi connectivity index (χ4n) is 2.22. The average Bonchev–Trinajstić information content (AvgIpc) is 2.50. The van der Waals surface area contributed by atoms with E-state index in [-0.39, 0.29) is 5.56 Å². The highest BCUT2D eigenvalue weighted by Gasteiger charge is 2.13. The predicted molar refractivity (Wildman–Crippen MR) is 80.3 cm³/mol. The van der Waals surface area contributed by atoms with Gasteiger partial charge in [0.1, 0.15) is 5.75 Å². The van der Waals surface area contributed by atoms with E-state index in [9.17, 15) is 8.78 Å². The molecule has 1 N–H and O–H groups in total. The molecule has 112 valence electrons. The molecule has 0 radical (unpaired) electrons. The van der Waals surface area contributed by atoms with Crippen LogP contribution in [-0.2, 0) is 6.54 Å². The first kappa shape index (κ1) is 15.4. The van der Waals surface area contributed by atoms with E-state index in [0.29, 0.717) is 17.9 Å². The van der Waals surface area contributed by atoms with E-state index in [0.717, 1.165) is 24.6 Å². The number of nitrogens with one attached hydrogen (secondary N) is 1. The van der Waals surface area contributed by atoms with Gasteiger partial charge in [-0.3, -0.25) is 0 Å². The number of rotatable bonds is 6. The first-order valence-electron chi connectivity index (χ1n) is 6.99. The first-order chi connectivity index (χ1) is 10.2. The third-order valence-electron chi connectivity index (χ3n) is 3.30. The Hall–Kier alpha value is -1.94. The summed E-state index contributed by atoms with van der Waals surface area (Å²) in [7, 11) is 1.58. The van der Waals surface area contributed by atoms with Crippen molar-refractivity contribution in [2.24, 2.45) is 0 Å². The second-order valence-electron chi connectivity index (χ2n) is 4.80. The van der Waals surface area contributed by atoms with Crippen LogP contribution in [0.2, 0.25) is 0 Å². The summed E-state index contributed by atoms with van der Waals surface area (Å²) in [5.74, 6) is -0.959. The molecule has 2 aromatic rings. The van der Waals surface area contributed by atoms with E-state index in [1.807, 2.05) is 6.07 Å². The fraction of sp³-hybridized carbons (Fsp3) is 0.294. The molecule has 2 rings (SSSR count). The molecule has 0 aliphatic rings. The zero-order valence-electron chi connectivity index (χ0n) is 12.2. The van der Waals surface area contributed by atoms with E-state index in [1.54, 1.807) is 25.3 Å². The highest BCUT2D eigenvalue weighted by Crippen LogP contribution is 2.30. The van der Waals surface area contributed by atoms with Gasteiger partial charge in [0.25, 0.3) is 0 Å². The van der Waals surface area contributed by atoms with Gasteiger partial charge in [-0.1, -0.05) is 25.1 Å². The molecule has 0 saturated carbocycles. The minimum Gasteiger partial charge on any atom is -0.497 e. The summed E-state index contributed by atoms with van der Waals surface area (Å²) in [5, 5.41) is 3.28. The summed E-state index contributed by atoms with van der Waals surface area (Å²) in [6.45, 7) is 3.52. The lowest BCUT2D eigenvalue weighted by Crippen LogP contribution is -2.14. The number of halogens is 2. The Labute approximate surface area is 123 Å². The molecule has 0 aromatic heterocycles. The quantitative estimate of drug-likeness (QED) is 0.808. The molecule has 0 spiro atoms. The van der Waals surface area contributed by atoms with Crippen molar-refractivity contribution in [2.45, 2.75) is 19.9 Å². The zero-order valence-corrected chi connectivity index (χ0v) is 12.2. The minimum absolute atomic E-state index is 0.269. The van der Waals surface area contributed by atoms with Gasteiger partial charge in [-0.25, -0.2) is 8.78 Å². The Morgan fingerprint density at radius 3 is 2.62 bits per heavy atom. The Morgan fingerprint density at radius 2 is 1.90 bits per heavy atom. The van der Waals surface area contributed by atoms with Gasteiger partial charge in [0.2, 0.25) is 0 Å². The summed E-state index contributed by atoms with van der Waals surface area (Å²) in [6, 6.07) is 9.59. The maximum absolute atomic E-state index is 14.0. The van der Waals surface area contributed by atoms with Crippen molar-refractivity contribution in [1.29, 1.82) is 0 Å². The predicted octanol–water partition coefficient (Wildman–Crippen LogP) is 4.14.